The van der Waals surface area contributed by atoms with Crippen LogP contribution in [-0.4, -0.2) is 52.4 Å². The van der Waals surface area contributed by atoms with E-state index in [0.29, 0.717) is 6.17 Å². The predicted octanol–water partition coefficient (Wildman–Crippen LogP) is 2.44. The van der Waals surface area contributed by atoms with Crippen LogP contribution in [0.2, 0.25) is 0 Å². The van der Waals surface area contributed by atoms with E-state index in [1.807, 2.05) is 0 Å². The van der Waals surface area contributed by atoms with Gasteiger partial charge in [-0.15, -0.1) is 5.70 Å². The van der Waals surface area contributed by atoms with Crippen LogP contribution in [0, 0.1) is 0 Å². The Kier molecular flexibility index (Phi) is 11.9. The SMILES string of the molecule is CCCN(CC)C(CCC=C[SiH3])N(CC)CCC. The third-order valence-corrected chi connectivity index (χ3v) is 3.98. The first-order valence-corrected chi connectivity index (χ1v) is 8.99. The van der Waals surface area contributed by atoms with Crippen molar-refractivity contribution in [2.75, 3.05) is 26.2 Å². The molecule has 0 N–H and O–H groups in total. The molecular formula is C15H34N2Si. The summed E-state index contributed by atoms with van der Waals surface area (Å²) in [5.41, 5.74) is 2.31. The molecule has 0 rings (SSSR count). The highest BCUT2D eigenvalue weighted by atomic mass is 28.1. The molecule has 18 heavy (non-hydrogen) atoms. The second kappa shape index (κ2) is 11.9. The molecule has 0 heterocycles. The van der Waals surface area contributed by atoms with Crippen LogP contribution in [0.5, 0.6) is 0 Å². The lowest BCUT2D eigenvalue weighted by molar-refractivity contribution is 0.0431. The highest BCUT2D eigenvalue weighted by Crippen LogP contribution is 2.14. The summed E-state index contributed by atoms with van der Waals surface area (Å²) in [7, 11) is 1.19. The van der Waals surface area contributed by atoms with Gasteiger partial charge in [-0.25, -0.2) is 0 Å². The van der Waals surface area contributed by atoms with Crippen LogP contribution in [0.1, 0.15) is 53.4 Å². The third kappa shape index (κ3) is 6.71. The van der Waals surface area contributed by atoms with E-state index in [4.69, 9.17) is 0 Å². The molecule has 2 nitrogen and oxygen atoms in total. The summed E-state index contributed by atoms with van der Waals surface area (Å²) in [6.07, 6.45) is 8.01. The van der Waals surface area contributed by atoms with Gasteiger partial charge in [0.2, 0.25) is 0 Å². The molecule has 0 aromatic rings. The zero-order valence-corrected chi connectivity index (χ0v) is 15.3. The lowest BCUT2D eigenvalue weighted by Gasteiger charge is -2.39. The van der Waals surface area contributed by atoms with Crippen molar-refractivity contribution in [1.29, 1.82) is 0 Å². The molecule has 0 aromatic heterocycles. The van der Waals surface area contributed by atoms with E-state index in [1.54, 1.807) is 0 Å². The Hall–Kier alpha value is -0.123. The summed E-state index contributed by atoms with van der Waals surface area (Å²) < 4.78 is 0. The molecule has 0 amide bonds. The fourth-order valence-corrected chi connectivity index (χ4v) is 2.95. The average molecular weight is 271 g/mol. The monoisotopic (exact) mass is 270 g/mol. The standard InChI is InChI=1S/C15H34N2Si/c1-5-12-16(7-3)15(11-9-10-14-18)17(8-4)13-6-2/h10,14-15H,5-9,11-13H2,1-4,18H3. The molecular weight excluding hydrogens is 236 g/mol. The van der Waals surface area contributed by atoms with Gasteiger partial charge in [0, 0.05) is 10.2 Å². The maximum atomic E-state index is 2.65. The minimum absolute atomic E-state index is 0.637. The number of hydrogen-bond acceptors (Lipinski definition) is 2. The average Bonchev–Trinajstić information content (AvgIpc) is 2.39. The van der Waals surface area contributed by atoms with Crippen LogP contribution < -0.4 is 0 Å². The summed E-state index contributed by atoms with van der Waals surface area (Å²) in [6, 6.07) is 0. The van der Waals surface area contributed by atoms with Crippen molar-refractivity contribution < 1.29 is 0 Å². The van der Waals surface area contributed by atoms with Gasteiger partial charge >= 0.3 is 0 Å². The first-order chi connectivity index (χ1) is 8.74. The molecule has 0 saturated heterocycles. The van der Waals surface area contributed by atoms with Gasteiger partial charge in [-0.3, -0.25) is 9.80 Å². The van der Waals surface area contributed by atoms with Gasteiger partial charge in [0.15, 0.2) is 0 Å². The molecule has 0 saturated carbocycles. The van der Waals surface area contributed by atoms with Gasteiger partial charge in [-0.2, -0.15) is 0 Å². The summed E-state index contributed by atoms with van der Waals surface area (Å²) in [5.74, 6) is 0. The van der Waals surface area contributed by atoms with Crippen LogP contribution in [-0.2, 0) is 0 Å². The normalized spacial score (nSPS) is 12.6. The van der Waals surface area contributed by atoms with Crippen molar-refractivity contribution in [3.05, 3.63) is 11.8 Å². The Morgan fingerprint density at radius 2 is 1.44 bits per heavy atom. The van der Waals surface area contributed by atoms with E-state index in [1.165, 1.54) is 62.1 Å². The zero-order chi connectivity index (χ0) is 13.8. The van der Waals surface area contributed by atoms with E-state index < -0.39 is 0 Å². The third-order valence-electron chi connectivity index (χ3n) is 3.50. The summed E-state index contributed by atoms with van der Waals surface area (Å²) in [5, 5.41) is 0. The van der Waals surface area contributed by atoms with Crippen molar-refractivity contribution in [2.45, 2.75) is 59.5 Å². The molecule has 108 valence electrons. The fraction of sp³-hybridized carbons (Fsp3) is 0.867. The summed E-state index contributed by atoms with van der Waals surface area (Å²) >= 11 is 0. The lowest BCUT2D eigenvalue weighted by Crippen LogP contribution is -2.48. The van der Waals surface area contributed by atoms with E-state index >= 15 is 0 Å². The maximum Gasteiger partial charge on any atom is 0.0625 e. The van der Waals surface area contributed by atoms with Crippen molar-refractivity contribution >= 4 is 10.2 Å². The minimum atomic E-state index is 0.637. The first kappa shape index (κ1) is 17.9. The fourth-order valence-electron chi connectivity index (χ4n) is 2.62. The second-order valence-electron chi connectivity index (χ2n) is 4.88. The number of allylic oxidation sites excluding steroid dienone is 1. The summed E-state index contributed by atoms with van der Waals surface area (Å²) in [6.45, 7) is 14.0. The molecule has 0 aliphatic heterocycles. The van der Waals surface area contributed by atoms with Crippen LogP contribution in [0.25, 0.3) is 0 Å². The van der Waals surface area contributed by atoms with Crippen LogP contribution in [0.3, 0.4) is 0 Å². The van der Waals surface area contributed by atoms with Gasteiger partial charge in [0.1, 0.15) is 0 Å². The molecule has 0 atom stereocenters. The Morgan fingerprint density at radius 3 is 1.78 bits per heavy atom. The predicted molar refractivity (Wildman–Crippen MR) is 87.2 cm³/mol. The molecule has 0 aliphatic rings. The van der Waals surface area contributed by atoms with E-state index in [0.717, 1.165) is 0 Å². The highest BCUT2D eigenvalue weighted by Gasteiger charge is 2.21. The maximum absolute atomic E-state index is 2.65. The Bertz CT molecular complexity index is 193. The van der Waals surface area contributed by atoms with Crippen LogP contribution >= 0.6 is 0 Å². The Morgan fingerprint density at radius 1 is 0.944 bits per heavy atom. The van der Waals surface area contributed by atoms with Gasteiger partial charge in [0.25, 0.3) is 0 Å². The lowest BCUT2D eigenvalue weighted by atomic mass is 10.2. The molecule has 0 radical (unpaired) electrons. The zero-order valence-electron chi connectivity index (χ0n) is 13.3. The number of hydrogen-bond donors (Lipinski definition) is 0. The largest absolute Gasteiger partial charge is 0.288 e. The van der Waals surface area contributed by atoms with Crippen molar-refractivity contribution in [1.82, 2.24) is 9.80 Å². The van der Waals surface area contributed by atoms with Crippen LogP contribution in [0.4, 0.5) is 0 Å². The van der Waals surface area contributed by atoms with Gasteiger partial charge in [0.05, 0.1) is 6.17 Å². The topological polar surface area (TPSA) is 6.48 Å². The van der Waals surface area contributed by atoms with Crippen molar-refractivity contribution in [3.8, 4) is 0 Å². The highest BCUT2D eigenvalue weighted by molar-refractivity contribution is 6.16. The smallest absolute Gasteiger partial charge is 0.0625 e. The first-order valence-electron chi connectivity index (χ1n) is 7.84. The molecule has 3 heteroatoms. The molecule has 0 aromatic carbocycles. The van der Waals surface area contributed by atoms with Crippen molar-refractivity contribution in [2.24, 2.45) is 0 Å². The molecule has 0 spiro atoms. The summed E-state index contributed by atoms with van der Waals surface area (Å²) in [4.78, 5) is 5.31. The van der Waals surface area contributed by atoms with Gasteiger partial charge < -0.3 is 0 Å². The van der Waals surface area contributed by atoms with E-state index in [2.05, 4.69) is 49.3 Å². The number of rotatable bonds is 11. The molecule has 0 fully saturated rings. The second-order valence-corrected chi connectivity index (χ2v) is 5.55. The van der Waals surface area contributed by atoms with Crippen LogP contribution in [0.15, 0.2) is 11.8 Å². The Balaban J connectivity index is 4.63. The minimum Gasteiger partial charge on any atom is -0.288 e. The molecule has 0 unspecified atom stereocenters. The van der Waals surface area contributed by atoms with E-state index in [-0.39, 0.29) is 0 Å². The molecule has 0 aliphatic carbocycles. The van der Waals surface area contributed by atoms with Gasteiger partial charge in [-0.05, 0) is 51.9 Å². The Labute approximate surface area is 118 Å². The number of nitrogens with zero attached hydrogens (tertiary/aromatic N) is 2. The van der Waals surface area contributed by atoms with Gasteiger partial charge in [-0.1, -0.05) is 33.8 Å². The van der Waals surface area contributed by atoms with E-state index in [9.17, 15) is 0 Å². The quantitative estimate of drug-likeness (QED) is 0.420. The van der Waals surface area contributed by atoms with Crippen molar-refractivity contribution in [3.63, 3.8) is 0 Å². The molecule has 0 bridgehead atoms.